The zero-order valence-electron chi connectivity index (χ0n) is 17.0. The molecule has 0 radical (unpaired) electrons. The maximum Gasteiger partial charge on any atom is 0.302 e. The molecule has 0 aliphatic heterocycles. The van der Waals surface area contributed by atoms with Gasteiger partial charge in [-0.1, -0.05) is 19.9 Å². The van der Waals surface area contributed by atoms with Crippen molar-refractivity contribution in [3.05, 3.63) is 23.6 Å². The molecule has 29 heavy (non-hydrogen) atoms. The van der Waals surface area contributed by atoms with Crippen molar-refractivity contribution in [2.24, 2.45) is 28.6 Å². The van der Waals surface area contributed by atoms with Crippen molar-refractivity contribution in [2.45, 2.75) is 71.0 Å². The first-order chi connectivity index (χ1) is 13.4. The number of halogens is 3. The number of rotatable bonds is 1. The third-order valence-corrected chi connectivity index (χ3v) is 8.23. The van der Waals surface area contributed by atoms with Gasteiger partial charge in [-0.05, 0) is 44.1 Å². The molecule has 0 bridgehead atoms. The number of hydrogen-bond donors (Lipinski definition) is 1. The molecule has 0 heterocycles. The SMILES string of the molecule is CC(=O)O[C@@H]1[C@H](C)C[C@H]2[C@@H]3C[C@H](F)C4=C(F)C(=O)C=C[C@]4(C)[C@@]3(F)[C@@H](O)C[C@]12C. The van der Waals surface area contributed by atoms with Crippen LogP contribution in [0.3, 0.4) is 0 Å². The molecular weight excluding hydrogens is 385 g/mol. The lowest BCUT2D eigenvalue weighted by Gasteiger charge is -2.62. The first-order valence-corrected chi connectivity index (χ1v) is 10.2. The Morgan fingerprint density at radius 3 is 2.55 bits per heavy atom. The number of carbonyl (C=O) groups is 2. The second-order valence-electron chi connectivity index (χ2n) is 9.78. The lowest BCUT2D eigenvalue weighted by atomic mass is 9.45. The van der Waals surface area contributed by atoms with Gasteiger partial charge in [-0.25, -0.2) is 13.2 Å². The molecule has 0 aromatic carbocycles. The highest BCUT2D eigenvalue weighted by Gasteiger charge is 2.73. The van der Waals surface area contributed by atoms with Gasteiger partial charge in [-0.15, -0.1) is 0 Å². The number of alkyl halides is 2. The van der Waals surface area contributed by atoms with Crippen LogP contribution in [0.4, 0.5) is 13.2 Å². The summed E-state index contributed by atoms with van der Waals surface area (Å²) in [7, 11) is 0. The lowest BCUT2D eigenvalue weighted by molar-refractivity contribution is -0.212. The van der Waals surface area contributed by atoms with Gasteiger partial charge in [0.05, 0.1) is 6.10 Å². The average Bonchev–Trinajstić information content (AvgIpc) is 2.85. The fraction of sp³-hybridized carbons (Fsp3) is 0.727. The van der Waals surface area contributed by atoms with E-state index in [1.54, 1.807) is 0 Å². The number of ketones is 1. The molecule has 3 saturated carbocycles. The first-order valence-electron chi connectivity index (χ1n) is 10.2. The van der Waals surface area contributed by atoms with Crippen LogP contribution in [0.1, 0.15) is 47.0 Å². The third kappa shape index (κ3) is 2.42. The number of hydrogen-bond acceptors (Lipinski definition) is 4. The van der Waals surface area contributed by atoms with Gasteiger partial charge in [-0.2, -0.15) is 0 Å². The van der Waals surface area contributed by atoms with Crippen LogP contribution < -0.4 is 0 Å². The molecule has 0 spiro atoms. The highest BCUT2D eigenvalue weighted by molar-refractivity contribution is 6.04. The van der Waals surface area contributed by atoms with Crippen LogP contribution in [0.5, 0.6) is 0 Å². The number of fused-ring (bicyclic) bond motifs is 5. The molecule has 4 rings (SSSR count). The van der Waals surface area contributed by atoms with Crippen molar-refractivity contribution < 1.29 is 32.6 Å². The molecule has 1 N–H and O–H groups in total. The minimum Gasteiger partial charge on any atom is -0.462 e. The van der Waals surface area contributed by atoms with E-state index in [1.165, 1.54) is 19.9 Å². The van der Waals surface area contributed by atoms with Gasteiger partial charge < -0.3 is 9.84 Å². The van der Waals surface area contributed by atoms with Gasteiger partial charge in [0.1, 0.15) is 12.3 Å². The second-order valence-corrected chi connectivity index (χ2v) is 9.78. The van der Waals surface area contributed by atoms with Crippen LogP contribution in [0.2, 0.25) is 0 Å². The fourth-order valence-electron chi connectivity index (χ4n) is 7.05. The number of ether oxygens (including phenoxy) is 1. The molecule has 3 fully saturated rings. The van der Waals surface area contributed by atoms with Crippen molar-refractivity contribution >= 4 is 11.8 Å². The number of aliphatic hydroxyl groups is 1. The van der Waals surface area contributed by atoms with E-state index in [0.717, 1.165) is 6.08 Å². The van der Waals surface area contributed by atoms with E-state index in [2.05, 4.69) is 0 Å². The Morgan fingerprint density at radius 2 is 1.93 bits per heavy atom. The standard InChI is InChI=1S/C22H27F3O4/c1-10-7-12-13-8-14(23)17-18(24)15(27)5-6-21(17,4)22(13,25)16(28)9-20(12,3)19(10)29-11(2)26/h5-6,10,12-14,16,19,28H,7-9H2,1-4H3/t10-,12+,13+,14+,16+,19-,20+,21+,22+/m1/s1. The van der Waals surface area contributed by atoms with Crippen molar-refractivity contribution in [1.82, 2.24) is 0 Å². The summed E-state index contributed by atoms with van der Waals surface area (Å²) in [4.78, 5) is 23.4. The van der Waals surface area contributed by atoms with E-state index in [1.807, 2.05) is 13.8 Å². The predicted octanol–water partition coefficient (Wildman–Crippen LogP) is 3.78. The first kappa shape index (κ1) is 20.6. The highest BCUT2D eigenvalue weighted by Crippen LogP contribution is 2.69. The number of aliphatic hydroxyl groups excluding tert-OH is 1. The summed E-state index contributed by atoms with van der Waals surface area (Å²) < 4.78 is 52.2. The summed E-state index contributed by atoms with van der Waals surface area (Å²) in [6, 6.07) is 0. The highest BCUT2D eigenvalue weighted by atomic mass is 19.2. The Morgan fingerprint density at radius 1 is 1.28 bits per heavy atom. The van der Waals surface area contributed by atoms with Crippen LogP contribution in [-0.4, -0.2) is 40.9 Å². The Labute approximate surface area is 168 Å². The normalized spacial score (nSPS) is 51.4. The minimum absolute atomic E-state index is 0.0101. The zero-order valence-corrected chi connectivity index (χ0v) is 17.0. The molecule has 0 aromatic rings. The molecule has 0 unspecified atom stereocenters. The van der Waals surface area contributed by atoms with E-state index in [-0.39, 0.29) is 24.7 Å². The van der Waals surface area contributed by atoms with Crippen molar-refractivity contribution in [1.29, 1.82) is 0 Å². The molecule has 9 atom stereocenters. The smallest absolute Gasteiger partial charge is 0.302 e. The monoisotopic (exact) mass is 412 g/mol. The maximum absolute atomic E-state index is 16.8. The quantitative estimate of drug-likeness (QED) is 0.666. The largest absolute Gasteiger partial charge is 0.462 e. The maximum atomic E-state index is 16.8. The molecule has 0 saturated heterocycles. The van der Waals surface area contributed by atoms with E-state index >= 15 is 8.78 Å². The molecule has 0 amide bonds. The molecule has 4 nitrogen and oxygen atoms in total. The molecule has 0 aromatic heterocycles. The van der Waals surface area contributed by atoms with Crippen LogP contribution in [0.15, 0.2) is 23.6 Å². The third-order valence-electron chi connectivity index (χ3n) is 8.23. The Hall–Kier alpha value is -1.63. The van der Waals surface area contributed by atoms with Crippen LogP contribution in [-0.2, 0) is 14.3 Å². The van der Waals surface area contributed by atoms with Crippen molar-refractivity contribution in [3.8, 4) is 0 Å². The van der Waals surface area contributed by atoms with Gasteiger partial charge >= 0.3 is 5.97 Å². The van der Waals surface area contributed by atoms with Gasteiger partial charge in [0.2, 0.25) is 5.78 Å². The number of allylic oxidation sites excluding steroid dienone is 4. The Kier molecular flexibility index (Phi) is 4.40. The molecule has 4 aliphatic rings. The van der Waals surface area contributed by atoms with Gasteiger partial charge in [0.15, 0.2) is 11.5 Å². The van der Waals surface area contributed by atoms with Gasteiger partial charge in [0.25, 0.3) is 0 Å². The summed E-state index contributed by atoms with van der Waals surface area (Å²) in [5.74, 6) is -3.99. The molecule has 4 aliphatic carbocycles. The van der Waals surface area contributed by atoms with E-state index in [9.17, 15) is 19.1 Å². The van der Waals surface area contributed by atoms with E-state index < -0.39 is 63.9 Å². The van der Waals surface area contributed by atoms with E-state index in [4.69, 9.17) is 4.74 Å². The van der Waals surface area contributed by atoms with Crippen LogP contribution >= 0.6 is 0 Å². The van der Waals surface area contributed by atoms with Gasteiger partial charge in [-0.3, -0.25) is 9.59 Å². The average molecular weight is 412 g/mol. The van der Waals surface area contributed by atoms with Crippen molar-refractivity contribution in [3.63, 3.8) is 0 Å². The summed E-state index contributed by atoms with van der Waals surface area (Å²) in [6.07, 6.45) is -1.47. The molecular formula is C22H27F3O4. The van der Waals surface area contributed by atoms with E-state index in [0.29, 0.717) is 6.42 Å². The topological polar surface area (TPSA) is 63.6 Å². The number of carbonyl (C=O) groups excluding carboxylic acids is 2. The number of esters is 1. The Bertz CT molecular complexity index is 838. The summed E-state index contributed by atoms with van der Waals surface area (Å²) in [5.41, 5.74) is -5.28. The zero-order chi connectivity index (χ0) is 21.5. The predicted molar refractivity (Wildman–Crippen MR) is 98.8 cm³/mol. The second kappa shape index (κ2) is 6.19. The fourth-order valence-corrected chi connectivity index (χ4v) is 7.05. The minimum atomic E-state index is -2.32. The summed E-state index contributed by atoms with van der Waals surface area (Å²) in [5, 5.41) is 11.1. The van der Waals surface area contributed by atoms with Gasteiger partial charge in [0, 0.05) is 29.2 Å². The van der Waals surface area contributed by atoms with Crippen molar-refractivity contribution in [2.75, 3.05) is 0 Å². The van der Waals surface area contributed by atoms with Crippen LogP contribution in [0.25, 0.3) is 0 Å². The summed E-state index contributed by atoms with van der Waals surface area (Å²) in [6.45, 7) is 6.45. The lowest BCUT2D eigenvalue weighted by Crippen LogP contribution is -2.68. The molecule has 160 valence electrons. The summed E-state index contributed by atoms with van der Waals surface area (Å²) >= 11 is 0. The van der Waals surface area contributed by atoms with Crippen LogP contribution in [0, 0.1) is 28.6 Å². The molecule has 7 heteroatoms. The Balaban J connectivity index is 1.84.